The van der Waals surface area contributed by atoms with Crippen LogP contribution < -0.4 is 16.8 Å². The minimum Gasteiger partial charge on any atom is -0.467 e. The lowest BCUT2D eigenvalue weighted by Gasteiger charge is -2.26. The van der Waals surface area contributed by atoms with Crippen molar-refractivity contribution in [2.75, 3.05) is 18.6 Å². The van der Waals surface area contributed by atoms with Crippen molar-refractivity contribution in [3.05, 3.63) is 59.2 Å². The predicted octanol–water partition coefficient (Wildman–Crippen LogP) is 2.29. The molecule has 2 aromatic rings. The number of carboxylic acid groups (broad SMARTS) is 1. The summed E-state index contributed by atoms with van der Waals surface area (Å²) in [6.45, 7) is 1.81. The SMILES string of the molecule is COC(=O)C(NC(=O)O)C(Cc1ccccc1)c1cc(C)c(N)c(N)c1. The molecule has 2 rings (SSSR count). The third kappa shape index (κ3) is 4.44. The van der Waals surface area contributed by atoms with Crippen LogP contribution in [0.2, 0.25) is 0 Å². The molecule has 138 valence electrons. The molecule has 7 heteroatoms. The molecule has 0 aromatic heterocycles. The van der Waals surface area contributed by atoms with E-state index in [0.717, 1.165) is 11.1 Å². The van der Waals surface area contributed by atoms with Crippen LogP contribution in [0.15, 0.2) is 42.5 Å². The lowest BCUT2D eigenvalue weighted by atomic mass is 9.84. The molecule has 0 bridgehead atoms. The maximum absolute atomic E-state index is 12.3. The van der Waals surface area contributed by atoms with Gasteiger partial charge < -0.3 is 26.6 Å². The van der Waals surface area contributed by atoms with Crippen LogP contribution in [0.4, 0.5) is 16.2 Å². The van der Waals surface area contributed by atoms with Crippen LogP contribution in [0, 0.1) is 6.92 Å². The van der Waals surface area contributed by atoms with Gasteiger partial charge in [-0.1, -0.05) is 36.4 Å². The topological polar surface area (TPSA) is 128 Å². The molecule has 2 aromatic carbocycles. The molecule has 1 amide bonds. The number of nitrogen functional groups attached to an aromatic ring is 2. The molecule has 2 unspecified atom stereocenters. The van der Waals surface area contributed by atoms with Crippen molar-refractivity contribution in [3.63, 3.8) is 0 Å². The lowest BCUT2D eigenvalue weighted by molar-refractivity contribution is -0.143. The van der Waals surface area contributed by atoms with E-state index in [1.54, 1.807) is 6.07 Å². The van der Waals surface area contributed by atoms with Crippen molar-refractivity contribution < 1.29 is 19.4 Å². The van der Waals surface area contributed by atoms with E-state index in [1.165, 1.54) is 7.11 Å². The Balaban J connectivity index is 2.53. The van der Waals surface area contributed by atoms with Crippen LogP contribution in [-0.2, 0) is 16.0 Å². The monoisotopic (exact) mass is 357 g/mol. The number of nitrogens with two attached hydrogens (primary N) is 2. The highest BCUT2D eigenvalue weighted by molar-refractivity contribution is 5.82. The molecular formula is C19H23N3O4. The number of carbonyl (C=O) groups excluding carboxylic acids is 1. The summed E-state index contributed by atoms with van der Waals surface area (Å²) in [6.07, 6.45) is -0.887. The molecule has 0 aliphatic carbocycles. The summed E-state index contributed by atoms with van der Waals surface area (Å²) in [5.74, 6) is -1.18. The Hall–Kier alpha value is -3.22. The van der Waals surface area contributed by atoms with Crippen LogP contribution in [0.3, 0.4) is 0 Å². The number of aryl methyl sites for hydroxylation is 1. The summed E-state index contributed by atoms with van der Waals surface area (Å²) in [4.78, 5) is 23.5. The average Bonchev–Trinajstić information content (AvgIpc) is 2.62. The summed E-state index contributed by atoms with van der Waals surface area (Å²) in [7, 11) is 1.22. The zero-order valence-electron chi connectivity index (χ0n) is 14.7. The fourth-order valence-electron chi connectivity index (χ4n) is 2.95. The molecular weight excluding hydrogens is 334 g/mol. The smallest absolute Gasteiger partial charge is 0.405 e. The van der Waals surface area contributed by atoms with Crippen molar-refractivity contribution >= 4 is 23.4 Å². The zero-order chi connectivity index (χ0) is 19.3. The largest absolute Gasteiger partial charge is 0.467 e. The second kappa shape index (κ2) is 8.24. The van der Waals surface area contributed by atoms with Crippen molar-refractivity contribution in [2.45, 2.75) is 25.3 Å². The van der Waals surface area contributed by atoms with Gasteiger partial charge in [0.15, 0.2) is 0 Å². The van der Waals surface area contributed by atoms with Crippen LogP contribution in [0.1, 0.15) is 22.6 Å². The van der Waals surface area contributed by atoms with E-state index in [9.17, 15) is 14.7 Å². The van der Waals surface area contributed by atoms with Gasteiger partial charge >= 0.3 is 12.1 Å². The third-order valence-electron chi connectivity index (χ3n) is 4.30. The summed E-state index contributed by atoms with van der Waals surface area (Å²) >= 11 is 0. The quantitative estimate of drug-likeness (QED) is 0.464. The third-order valence-corrected chi connectivity index (χ3v) is 4.30. The first kappa shape index (κ1) is 19.1. The van der Waals surface area contributed by atoms with Gasteiger partial charge in [0.25, 0.3) is 0 Å². The van der Waals surface area contributed by atoms with E-state index in [1.807, 2.05) is 43.3 Å². The Morgan fingerprint density at radius 1 is 1.19 bits per heavy atom. The molecule has 0 aliphatic heterocycles. The minimum absolute atomic E-state index is 0.386. The minimum atomic E-state index is -1.31. The number of rotatable bonds is 6. The first-order valence-electron chi connectivity index (χ1n) is 8.10. The van der Waals surface area contributed by atoms with Gasteiger partial charge in [0.2, 0.25) is 0 Å². The first-order chi connectivity index (χ1) is 12.3. The number of hydrogen-bond donors (Lipinski definition) is 4. The Morgan fingerprint density at radius 3 is 2.38 bits per heavy atom. The van der Waals surface area contributed by atoms with Crippen LogP contribution in [0.5, 0.6) is 0 Å². The number of hydrogen-bond acceptors (Lipinski definition) is 5. The van der Waals surface area contributed by atoms with E-state index in [0.29, 0.717) is 23.4 Å². The van der Waals surface area contributed by atoms with Gasteiger partial charge in [-0.05, 0) is 36.1 Å². The molecule has 26 heavy (non-hydrogen) atoms. The summed E-state index contributed by atoms with van der Waals surface area (Å²) in [6, 6.07) is 11.9. The Kier molecular flexibility index (Phi) is 6.06. The second-order valence-electron chi connectivity index (χ2n) is 6.09. The number of nitrogens with one attached hydrogen (secondary N) is 1. The Bertz CT molecular complexity index is 770. The van der Waals surface area contributed by atoms with E-state index < -0.39 is 24.0 Å². The molecule has 6 N–H and O–H groups in total. The number of methoxy groups -OCH3 is 1. The highest BCUT2D eigenvalue weighted by Gasteiger charge is 2.32. The van der Waals surface area contributed by atoms with E-state index >= 15 is 0 Å². The van der Waals surface area contributed by atoms with E-state index in [2.05, 4.69) is 5.32 Å². The van der Waals surface area contributed by atoms with Gasteiger partial charge in [0.1, 0.15) is 6.04 Å². The first-order valence-corrected chi connectivity index (χ1v) is 8.10. The maximum atomic E-state index is 12.3. The average molecular weight is 357 g/mol. The van der Waals surface area contributed by atoms with Crippen molar-refractivity contribution in [3.8, 4) is 0 Å². The highest BCUT2D eigenvalue weighted by Crippen LogP contribution is 2.31. The molecule has 2 atom stereocenters. The molecule has 0 heterocycles. The predicted molar refractivity (Wildman–Crippen MR) is 99.9 cm³/mol. The van der Waals surface area contributed by atoms with Gasteiger partial charge in [-0.25, -0.2) is 9.59 Å². The van der Waals surface area contributed by atoms with Crippen molar-refractivity contribution in [1.82, 2.24) is 5.32 Å². The van der Waals surface area contributed by atoms with Crippen molar-refractivity contribution in [1.29, 1.82) is 0 Å². The summed E-state index contributed by atoms with van der Waals surface area (Å²) in [5, 5.41) is 11.5. The number of carbonyl (C=O) groups is 2. The van der Waals surface area contributed by atoms with Gasteiger partial charge in [-0.3, -0.25) is 0 Å². The number of benzene rings is 2. The number of amides is 1. The molecule has 7 nitrogen and oxygen atoms in total. The second-order valence-corrected chi connectivity index (χ2v) is 6.09. The molecule has 0 saturated carbocycles. The fourth-order valence-corrected chi connectivity index (χ4v) is 2.95. The van der Waals surface area contributed by atoms with Crippen LogP contribution >= 0.6 is 0 Å². The number of esters is 1. The molecule has 0 fully saturated rings. The molecule has 0 aliphatic rings. The Morgan fingerprint density at radius 2 is 1.85 bits per heavy atom. The number of anilines is 2. The standard InChI is InChI=1S/C19H23N3O4/c1-11-8-13(10-15(20)16(11)21)14(9-12-6-4-3-5-7-12)17(18(23)26-2)22-19(24)25/h3-8,10,14,17,22H,9,20-21H2,1-2H3,(H,24,25). The van der Waals surface area contributed by atoms with Crippen LogP contribution in [0.25, 0.3) is 0 Å². The Labute approximate surface area is 152 Å². The zero-order valence-corrected chi connectivity index (χ0v) is 14.7. The van der Waals surface area contributed by atoms with Gasteiger partial charge in [-0.2, -0.15) is 0 Å². The van der Waals surface area contributed by atoms with Crippen LogP contribution in [-0.4, -0.2) is 30.3 Å². The maximum Gasteiger partial charge on any atom is 0.405 e. The lowest BCUT2D eigenvalue weighted by Crippen LogP contribution is -2.45. The summed E-state index contributed by atoms with van der Waals surface area (Å²) in [5.41, 5.74) is 15.2. The molecule has 0 spiro atoms. The van der Waals surface area contributed by atoms with Crippen molar-refractivity contribution in [2.24, 2.45) is 0 Å². The molecule has 0 radical (unpaired) electrons. The van der Waals surface area contributed by atoms with E-state index in [4.69, 9.17) is 16.2 Å². The van der Waals surface area contributed by atoms with Gasteiger partial charge in [-0.15, -0.1) is 0 Å². The summed E-state index contributed by atoms with van der Waals surface area (Å²) < 4.78 is 4.82. The van der Waals surface area contributed by atoms with Gasteiger partial charge in [0.05, 0.1) is 18.5 Å². The van der Waals surface area contributed by atoms with E-state index in [-0.39, 0.29) is 0 Å². The normalized spacial score (nSPS) is 12.8. The highest BCUT2D eigenvalue weighted by atomic mass is 16.5. The number of ether oxygens (including phenoxy) is 1. The van der Waals surface area contributed by atoms with Gasteiger partial charge in [0, 0.05) is 5.92 Å². The fraction of sp³-hybridized carbons (Fsp3) is 0.263. The molecule has 0 saturated heterocycles.